The van der Waals surface area contributed by atoms with Gasteiger partial charge in [0, 0.05) is 31.4 Å². The van der Waals surface area contributed by atoms with E-state index in [9.17, 15) is 13.2 Å². The summed E-state index contributed by atoms with van der Waals surface area (Å²) < 4.78 is 37.8. The molecular formula is C19H23F3N4S. The molecule has 2 aromatic rings. The van der Waals surface area contributed by atoms with Crippen molar-refractivity contribution in [2.24, 2.45) is 10.9 Å². The van der Waals surface area contributed by atoms with Crippen LogP contribution in [0.2, 0.25) is 0 Å². The van der Waals surface area contributed by atoms with Gasteiger partial charge in [0.2, 0.25) is 0 Å². The summed E-state index contributed by atoms with van der Waals surface area (Å²) in [7, 11) is 0. The molecule has 1 saturated carbocycles. The first-order valence-corrected chi connectivity index (χ1v) is 9.94. The highest BCUT2D eigenvalue weighted by molar-refractivity contribution is 7.09. The van der Waals surface area contributed by atoms with Crippen LogP contribution in [-0.2, 0) is 12.6 Å². The Morgan fingerprint density at radius 1 is 1.26 bits per heavy atom. The average Bonchev–Trinajstić information content (AvgIpc) is 3.26. The van der Waals surface area contributed by atoms with Gasteiger partial charge in [-0.15, -0.1) is 11.3 Å². The summed E-state index contributed by atoms with van der Waals surface area (Å²) in [6, 6.07) is 10.4. The molecule has 1 heterocycles. The van der Waals surface area contributed by atoms with Crippen LogP contribution in [0.1, 0.15) is 35.5 Å². The Balaban J connectivity index is 1.46. The van der Waals surface area contributed by atoms with Crippen molar-refractivity contribution in [3.8, 4) is 0 Å². The number of aromatic nitrogens is 1. The van der Waals surface area contributed by atoms with Crippen LogP contribution >= 0.6 is 11.3 Å². The number of alkyl halides is 3. The first-order chi connectivity index (χ1) is 13.0. The predicted octanol–water partition coefficient (Wildman–Crippen LogP) is 4.06. The third-order valence-corrected chi connectivity index (χ3v) is 5.36. The van der Waals surface area contributed by atoms with Gasteiger partial charge in [-0.25, -0.2) is 4.98 Å². The first-order valence-electron chi connectivity index (χ1n) is 9.06. The molecule has 0 spiro atoms. The lowest BCUT2D eigenvalue weighted by atomic mass is 10.1. The van der Waals surface area contributed by atoms with Gasteiger partial charge in [0.15, 0.2) is 11.7 Å². The molecule has 0 amide bonds. The molecule has 1 fully saturated rings. The van der Waals surface area contributed by atoms with Gasteiger partial charge < -0.3 is 10.6 Å². The van der Waals surface area contributed by atoms with E-state index in [4.69, 9.17) is 0 Å². The predicted molar refractivity (Wildman–Crippen MR) is 102 cm³/mol. The van der Waals surface area contributed by atoms with Crippen LogP contribution in [0.4, 0.5) is 13.2 Å². The molecule has 1 aromatic heterocycles. The van der Waals surface area contributed by atoms with E-state index in [1.54, 1.807) is 0 Å². The molecule has 0 radical (unpaired) electrons. The summed E-state index contributed by atoms with van der Waals surface area (Å²) in [6.07, 6.45) is -2.80. The standard InChI is InChI=1S/C19H23F3N4S/c1-2-23-18(24-9-8-17-26-16(12-27-17)19(20,21)22)25-11-14-10-15(14)13-6-4-3-5-7-13/h3-7,12,14-15H,2,8-11H2,1H3,(H2,23,24,25). The molecule has 0 aliphatic heterocycles. The lowest BCUT2D eigenvalue weighted by molar-refractivity contribution is -0.140. The van der Waals surface area contributed by atoms with Crippen LogP contribution in [0, 0.1) is 5.92 Å². The summed E-state index contributed by atoms with van der Waals surface area (Å²) in [5, 5.41) is 7.89. The van der Waals surface area contributed by atoms with E-state index >= 15 is 0 Å². The summed E-state index contributed by atoms with van der Waals surface area (Å²) in [4.78, 5) is 8.27. The highest BCUT2D eigenvalue weighted by Gasteiger charge is 2.37. The molecule has 1 aromatic carbocycles. The zero-order chi connectivity index (χ0) is 19.3. The maximum Gasteiger partial charge on any atom is 0.434 e. The second kappa shape index (κ2) is 8.73. The van der Waals surface area contributed by atoms with E-state index in [2.05, 4.69) is 44.9 Å². The summed E-state index contributed by atoms with van der Waals surface area (Å²) in [5.41, 5.74) is 0.545. The molecule has 2 unspecified atom stereocenters. The van der Waals surface area contributed by atoms with Gasteiger partial charge in [0.1, 0.15) is 0 Å². The molecule has 1 aliphatic carbocycles. The second-order valence-corrected chi connectivity index (χ2v) is 7.48. The molecule has 1 aliphatic rings. The van der Waals surface area contributed by atoms with E-state index in [0.717, 1.165) is 36.2 Å². The number of aliphatic imine (C=N–C) groups is 1. The number of guanidine groups is 1. The quantitative estimate of drug-likeness (QED) is 0.548. The normalized spacial score (nSPS) is 19.8. The number of nitrogens with one attached hydrogen (secondary N) is 2. The Hall–Kier alpha value is -2.09. The number of rotatable bonds is 7. The van der Waals surface area contributed by atoms with Gasteiger partial charge in [0.05, 0.1) is 5.01 Å². The SMILES string of the molecule is CCNC(=NCC1CC1c1ccccc1)NCCc1nc(C(F)(F)F)cs1. The van der Waals surface area contributed by atoms with E-state index in [1.165, 1.54) is 5.56 Å². The Labute approximate surface area is 160 Å². The zero-order valence-electron chi connectivity index (χ0n) is 15.1. The topological polar surface area (TPSA) is 49.3 Å². The summed E-state index contributed by atoms with van der Waals surface area (Å²) >= 11 is 1.04. The van der Waals surface area contributed by atoms with E-state index in [0.29, 0.717) is 35.8 Å². The van der Waals surface area contributed by atoms with Crippen LogP contribution in [0.3, 0.4) is 0 Å². The Morgan fingerprint density at radius 3 is 2.70 bits per heavy atom. The molecule has 3 rings (SSSR count). The minimum atomic E-state index is -4.38. The third kappa shape index (κ3) is 5.69. The Bertz CT molecular complexity index is 758. The van der Waals surface area contributed by atoms with E-state index in [-0.39, 0.29) is 0 Å². The molecule has 4 nitrogen and oxygen atoms in total. The molecule has 0 saturated heterocycles. The number of thiazole rings is 1. The average molecular weight is 396 g/mol. The molecule has 146 valence electrons. The number of nitrogens with zero attached hydrogens (tertiary/aromatic N) is 2. The fourth-order valence-electron chi connectivity index (χ4n) is 2.95. The van der Waals surface area contributed by atoms with Crippen LogP contribution < -0.4 is 10.6 Å². The van der Waals surface area contributed by atoms with Gasteiger partial charge >= 0.3 is 6.18 Å². The number of halogens is 3. The lowest BCUT2D eigenvalue weighted by Gasteiger charge is -2.10. The Morgan fingerprint density at radius 2 is 2.04 bits per heavy atom. The van der Waals surface area contributed by atoms with Crippen LogP contribution in [0.25, 0.3) is 0 Å². The van der Waals surface area contributed by atoms with E-state index in [1.807, 2.05) is 13.0 Å². The maximum absolute atomic E-state index is 12.6. The highest BCUT2D eigenvalue weighted by Crippen LogP contribution is 2.47. The minimum Gasteiger partial charge on any atom is -0.357 e. The molecule has 27 heavy (non-hydrogen) atoms. The first kappa shape index (κ1) is 19.7. The van der Waals surface area contributed by atoms with Crippen molar-refractivity contribution < 1.29 is 13.2 Å². The maximum atomic E-state index is 12.6. The van der Waals surface area contributed by atoms with Crippen molar-refractivity contribution in [1.82, 2.24) is 15.6 Å². The van der Waals surface area contributed by atoms with Crippen molar-refractivity contribution in [2.45, 2.75) is 31.9 Å². The molecule has 8 heteroatoms. The van der Waals surface area contributed by atoms with Gasteiger partial charge in [0.25, 0.3) is 0 Å². The molecular weight excluding hydrogens is 373 g/mol. The smallest absolute Gasteiger partial charge is 0.357 e. The van der Waals surface area contributed by atoms with Crippen molar-refractivity contribution in [2.75, 3.05) is 19.6 Å². The Kier molecular flexibility index (Phi) is 6.36. The largest absolute Gasteiger partial charge is 0.434 e. The second-order valence-electron chi connectivity index (χ2n) is 6.53. The van der Waals surface area contributed by atoms with Crippen molar-refractivity contribution in [3.05, 3.63) is 52.0 Å². The monoisotopic (exact) mass is 396 g/mol. The van der Waals surface area contributed by atoms with Crippen LogP contribution in [0.15, 0.2) is 40.7 Å². The number of hydrogen-bond donors (Lipinski definition) is 2. The minimum absolute atomic E-state index is 0.432. The highest BCUT2D eigenvalue weighted by atomic mass is 32.1. The number of benzene rings is 1. The molecule has 2 atom stereocenters. The van der Waals surface area contributed by atoms with Crippen LogP contribution in [0.5, 0.6) is 0 Å². The number of hydrogen-bond acceptors (Lipinski definition) is 3. The van der Waals surface area contributed by atoms with Gasteiger partial charge in [-0.1, -0.05) is 30.3 Å². The molecule has 2 N–H and O–H groups in total. The fourth-order valence-corrected chi connectivity index (χ4v) is 3.76. The summed E-state index contributed by atoms with van der Waals surface area (Å²) in [6.45, 7) is 3.94. The van der Waals surface area contributed by atoms with Gasteiger partial charge in [-0.2, -0.15) is 13.2 Å². The molecule has 0 bridgehead atoms. The van der Waals surface area contributed by atoms with Crippen molar-refractivity contribution in [3.63, 3.8) is 0 Å². The zero-order valence-corrected chi connectivity index (χ0v) is 15.9. The van der Waals surface area contributed by atoms with Gasteiger partial charge in [-0.3, -0.25) is 4.99 Å². The third-order valence-electron chi connectivity index (χ3n) is 4.45. The summed E-state index contributed by atoms with van der Waals surface area (Å²) in [5.74, 6) is 1.83. The lowest BCUT2D eigenvalue weighted by Crippen LogP contribution is -2.38. The van der Waals surface area contributed by atoms with E-state index < -0.39 is 11.9 Å². The van der Waals surface area contributed by atoms with Gasteiger partial charge in [-0.05, 0) is 30.7 Å². The fraction of sp³-hybridized carbons (Fsp3) is 0.474. The van der Waals surface area contributed by atoms with Crippen LogP contribution in [-0.4, -0.2) is 30.6 Å². The van der Waals surface area contributed by atoms with Crippen molar-refractivity contribution >= 4 is 17.3 Å². The van der Waals surface area contributed by atoms with Crippen molar-refractivity contribution in [1.29, 1.82) is 0 Å².